The molecule has 138 valence electrons. The van der Waals surface area contributed by atoms with E-state index in [4.69, 9.17) is 23.2 Å². The molecule has 0 atom stereocenters. The first-order valence-electron chi connectivity index (χ1n) is 8.18. The Morgan fingerprint density at radius 1 is 1.00 bits per heavy atom. The van der Waals surface area contributed by atoms with Crippen molar-refractivity contribution in [2.24, 2.45) is 0 Å². The lowest BCUT2D eigenvalue weighted by Gasteiger charge is -2.18. The van der Waals surface area contributed by atoms with E-state index >= 15 is 0 Å². The Morgan fingerprint density at radius 2 is 1.63 bits per heavy atom. The zero-order valence-electron chi connectivity index (χ0n) is 14.5. The van der Waals surface area contributed by atoms with Gasteiger partial charge in [-0.2, -0.15) is 0 Å². The number of aromatic nitrogens is 1. The van der Waals surface area contributed by atoms with Crippen LogP contribution in [-0.2, 0) is 4.79 Å². The van der Waals surface area contributed by atoms with Crippen LogP contribution in [0.25, 0.3) is 5.69 Å². The van der Waals surface area contributed by atoms with E-state index in [0.717, 1.165) is 5.69 Å². The molecule has 3 rings (SSSR count). The van der Waals surface area contributed by atoms with E-state index in [1.807, 2.05) is 35.2 Å². The second-order valence-electron chi connectivity index (χ2n) is 5.95. The van der Waals surface area contributed by atoms with Gasteiger partial charge in [-0.05, 0) is 42.5 Å². The van der Waals surface area contributed by atoms with Gasteiger partial charge in [0.25, 0.3) is 5.91 Å². The van der Waals surface area contributed by atoms with Gasteiger partial charge in [0.15, 0.2) is 0 Å². The number of para-hydroxylation sites is 1. The van der Waals surface area contributed by atoms with E-state index in [2.05, 4.69) is 5.32 Å². The van der Waals surface area contributed by atoms with Gasteiger partial charge in [-0.1, -0.05) is 35.3 Å². The summed E-state index contributed by atoms with van der Waals surface area (Å²) in [5.41, 5.74) is 1.69. The summed E-state index contributed by atoms with van der Waals surface area (Å²) in [5, 5.41) is 3.32. The number of amides is 2. The SMILES string of the molecule is CN(CC(=O)Nc1c(Cl)cccc1Cl)C(=O)c1cccc(-n2cccc2)c1. The van der Waals surface area contributed by atoms with Crippen LogP contribution in [-0.4, -0.2) is 34.9 Å². The number of anilines is 1. The number of carbonyl (C=O) groups excluding carboxylic acids is 2. The van der Waals surface area contributed by atoms with Crippen molar-refractivity contribution in [3.8, 4) is 5.69 Å². The molecule has 1 N–H and O–H groups in total. The van der Waals surface area contributed by atoms with E-state index < -0.39 is 0 Å². The maximum atomic E-state index is 12.7. The number of likely N-dealkylation sites (N-methyl/N-ethyl adjacent to an activating group) is 1. The van der Waals surface area contributed by atoms with Crippen LogP contribution in [0.1, 0.15) is 10.4 Å². The standard InChI is InChI=1S/C20H17Cl2N3O2/c1-24(13-18(26)23-19-16(21)8-5-9-17(19)22)20(27)14-6-4-7-15(12-14)25-10-2-3-11-25/h2-12H,13H2,1H3,(H,23,26). The number of hydrogen-bond acceptors (Lipinski definition) is 2. The van der Waals surface area contributed by atoms with Crippen LogP contribution >= 0.6 is 23.2 Å². The monoisotopic (exact) mass is 401 g/mol. The average molecular weight is 402 g/mol. The largest absolute Gasteiger partial charge is 0.332 e. The molecule has 1 heterocycles. The third-order valence-electron chi connectivity index (χ3n) is 3.95. The second-order valence-corrected chi connectivity index (χ2v) is 6.76. The highest BCUT2D eigenvalue weighted by Gasteiger charge is 2.17. The van der Waals surface area contributed by atoms with Gasteiger partial charge in [0.05, 0.1) is 22.3 Å². The highest BCUT2D eigenvalue weighted by Crippen LogP contribution is 2.29. The first kappa shape index (κ1) is 19.0. The topological polar surface area (TPSA) is 54.3 Å². The lowest BCUT2D eigenvalue weighted by molar-refractivity contribution is -0.116. The summed E-state index contributed by atoms with van der Waals surface area (Å²) in [7, 11) is 1.57. The smallest absolute Gasteiger partial charge is 0.254 e. The predicted molar refractivity (Wildman–Crippen MR) is 108 cm³/mol. The summed E-state index contributed by atoms with van der Waals surface area (Å²) >= 11 is 12.1. The molecular weight excluding hydrogens is 385 g/mol. The van der Waals surface area contributed by atoms with Gasteiger partial charge >= 0.3 is 0 Å². The minimum absolute atomic E-state index is 0.131. The van der Waals surface area contributed by atoms with Gasteiger partial charge in [0, 0.05) is 30.7 Å². The molecule has 0 radical (unpaired) electrons. The molecule has 3 aromatic rings. The summed E-state index contributed by atoms with van der Waals surface area (Å²) in [4.78, 5) is 26.3. The average Bonchev–Trinajstić information content (AvgIpc) is 3.19. The van der Waals surface area contributed by atoms with E-state index in [1.54, 1.807) is 43.4 Å². The minimum atomic E-state index is -0.387. The number of hydrogen-bond donors (Lipinski definition) is 1. The first-order chi connectivity index (χ1) is 13.0. The van der Waals surface area contributed by atoms with Crippen molar-refractivity contribution in [2.45, 2.75) is 0 Å². The van der Waals surface area contributed by atoms with Gasteiger partial charge in [0.2, 0.25) is 5.91 Å². The Morgan fingerprint density at radius 3 is 2.30 bits per heavy atom. The molecule has 2 amide bonds. The van der Waals surface area contributed by atoms with Gasteiger partial charge in [-0.3, -0.25) is 9.59 Å². The van der Waals surface area contributed by atoms with Crippen LogP contribution in [0.3, 0.4) is 0 Å². The van der Waals surface area contributed by atoms with E-state index in [1.165, 1.54) is 4.90 Å². The number of carbonyl (C=O) groups is 2. The fourth-order valence-corrected chi connectivity index (χ4v) is 3.10. The zero-order chi connectivity index (χ0) is 19.4. The van der Waals surface area contributed by atoms with Gasteiger partial charge in [-0.25, -0.2) is 0 Å². The summed E-state index contributed by atoms with van der Waals surface area (Å²) < 4.78 is 1.91. The van der Waals surface area contributed by atoms with Crippen molar-refractivity contribution in [3.05, 3.63) is 82.6 Å². The van der Waals surface area contributed by atoms with Crippen LogP contribution in [0, 0.1) is 0 Å². The van der Waals surface area contributed by atoms with Crippen molar-refractivity contribution in [3.63, 3.8) is 0 Å². The fraction of sp³-hybridized carbons (Fsp3) is 0.100. The summed E-state index contributed by atoms with van der Waals surface area (Å²) in [6.07, 6.45) is 3.79. The Balaban J connectivity index is 1.69. The molecule has 7 heteroatoms. The normalized spacial score (nSPS) is 10.5. The third-order valence-corrected chi connectivity index (χ3v) is 4.58. The molecule has 0 fully saturated rings. The van der Waals surface area contributed by atoms with Crippen molar-refractivity contribution >= 4 is 40.7 Å². The quantitative estimate of drug-likeness (QED) is 0.684. The molecule has 2 aromatic carbocycles. The number of halogens is 2. The summed E-state index contributed by atoms with van der Waals surface area (Å²) in [5.74, 6) is -0.646. The van der Waals surface area contributed by atoms with Crippen molar-refractivity contribution in [2.75, 3.05) is 18.9 Å². The van der Waals surface area contributed by atoms with Gasteiger partial charge < -0.3 is 14.8 Å². The van der Waals surface area contributed by atoms with E-state index in [-0.39, 0.29) is 18.4 Å². The van der Waals surface area contributed by atoms with Crippen LogP contribution in [0.15, 0.2) is 67.0 Å². The van der Waals surface area contributed by atoms with Crippen LogP contribution in [0.5, 0.6) is 0 Å². The van der Waals surface area contributed by atoms with Crippen molar-refractivity contribution in [1.29, 1.82) is 0 Å². The van der Waals surface area contributed by atoms with Gasteiger partial charge in [-0.15, -0.1) is 0 Å². The Kier molecular flexibility index (Phi) is 5.84. The van der Waals surface area contributed by atoms with E-state index in [0.29, 0.717) is 21.3 Å². The molecule has 0 saturated carbocycles. The zero-order valence-corrected chi connectivity index (χ0v) is 16.0. The van der Waals surface area contributed by atoms with Gasteiger partial charge in [0.1, 0.15) is 0 Å². The minimum Gasteiger partial charge on any atom is -0.332 e. The molecule has 0 saturated heterocycles. The molecule has 0 bridgehead atoms. The number of benzene rings is 2. The Bertz CT molecular complexity index is 951. The molecule has 27 heavy (non-hydrogen) atoms. The molecule has 0 aliphatic rings. The van der Waals surface area contributed by atoms with Crippen LogP contribution in [0.2, 0.25) is 10.0 Å². The first-order valence-corrected chi connectivity index (χ1v) is 8.94. The molecule has 0 aliphatic heterocycles. The molecule has 5 nitrogen and oxygen atoms in total. The van der Waals surface area contributed by atoms with Crippen LogP contribution < -0.4 is 5.32 Å². The highest BCUT2D eigenvalue weighted by molar-refractivity contribution is 6.39. The maximum Gasteiger partial charge on any atom is 0.254 e. The van der Waals surface area contributed by atoms with Crippen LogP contribution in [0.4, 0.5) is 5.69 Å². The summed E-state index contributed by atoms with van der Waals surface area (Å²) in [6.45, 7) is -0.131. The summed E-state index contributed by atoms with van der Waals surface area (Å²) in [6, 6.07) is 16.0. The van der Waals surface area contributed by atoms with Crippen molar-refractivity contribution in [1.82, 2.24) is 9.47 Å². The molecular formula is C20H17Cl2N3O2. The second kappa shape index (κ2) is 8.29. The third kappa shape index (κ3) is 4.51. The molecule has 0 spiro atoms. The number of nitrogens with zero attached hydrogens (tertiary/aromatic N) is 2. The lowest BCUT2D eigenvalue weighted by atomic mass is 10.1. The fourth-order valence-electron chi connectivity index (χ4n) is 2.61. The number of nitrogens with one attached hydrogen (secondary N) is 1. The predicted octanol–water partition coefficient (Wildman–Crippen LogP) is 4.49. The van der Waals surface area contributed by atoms with Crippen molar-refractivity contribution < 1.29 is 9.59 Å². The Labute approximate surface area is 167 Å². The molecule has 1 aromatic heterocycles. The Hall–Kier alpha value is -2.76. The lowest BCUT2D eigenvalue weighted by Crippen LogP contribution is -2.35. The molecule has 0 aliphatic carbocycles. The maximum absolute atomic E-state index is 12.7. The van der Waals surface area contributed by atoms with E-state index in [9.17, 15) is 9.59 Å². The highest BCUT2D eigenvalue weighted by atomic mass is 35.5. The molecule has 0 unspecified atom stereocenters. The number of rotatable bonds is 5.